The Kier molecular flexibility index (Phi) is 2.19. The van der Waals surface area contributed by atoms with Crippen LogP contribution in [0.5, 0.6) is 5.75 Å². The molecule has 0 spiro atoms. The highest BCUT2D eigenvalue weighted by Gasteiger charge is 2.07. The van der Waals surface area contributed by atoms with Crippen molar-refractivity contribution in [1.82, 2.24) is 4.57 Å². The summed E-state index contributed by atoms with van der Waals surface area (Å²) >= 11 is 0. The van der Waals surface area contributed by atoms with Gasteiger partial charge in [-0.2, -0.15) is 0 Å². The molecule has 0 saturated heterocycles. The summed E-state index contributed by atoms with van der Waals surface area (Å²) in [5.74, 6) is -0.371. The monoisotopic (exact) mass is 207 g/mol. The van der Waals surface area contributed by atoms with E-state index in [0.717, 1.165) is 0 Å². The van der Waals surface area contributed by atoms with Crippen molar-refractivity contribution in [2.75, 3.05) is 7.11 Å². The number of hydrogen-bond donors (Lipinski definition) is 0. The minimum Gasteiger partial charge on any atom is -0.494 e. The molecule has 0 aliphatic carbocycles. The zero-order chi connectivity index (χ0) is 11.0. The molecule has 0 saturated carbocycles. The molecule has 1 heterocycles. The van der Waals surface area contributed by atoms with E-state index in [1.807, 2.05) is 0 Å². The first-order valence-corrected chi connectivity index (χ1v) is 4.46. The van der Waals surface area contributed by atoms with Crippen LogP contribution in [0.25, 0.3) is 10.8 Å². The van der Waals surface area contributed by atoms with Crippen molar-refractivity contribution in [1.29, 1.82) is 0 Å². The Balaban J connectivity index is 2.88. The van der Waals surface area contributed by atoms with Crippen molar-refractivity contribution in [3.8, 4) is 5.75 Å². The van der Waals surface area contributed by atoms with Gasteiger partial charge in [-0.1, -0.05) is 0 Å². The van der Waals surface area contributed by atoms with Gasteiger partial charge in [-0.3, -0.25) is 4.79 Å². The number of nitrogens with zero attached hydrogens (tertiary/aromatic N) is 1. The fourth-order valence-electron chi connectivity index (χ4n) is 1.50. The van der Waals surface area contributed by atoms with Gasteiger partial charge in [0.05, 0.1) is 12.5 Å². The van der Waals surface area contributed by atoms with E-state index >= 15 is 0 Å². The second kappa shape index (κ2) is 3.38. The summed E-state index contributed by atoms with van der Waals surface area (Å²) in [6.07, 6.45) is 1.64. The minimum atomic E-state index is -0.520. The predicted octanol–water partition coefficient (Wildman–Crippen LogP) is 1.69. The van der Waals surface area contributed by atoms with Crippen molar-refractivity contribution < 1.29 is 9.13 Å². The van der Waals surface area contributed by atoms with E-state index in [2.05, 4.69) is 0 Å². The SMILES string of the molecule is COc1cc2ccn(C)c(=O)c2cc1F. The fourth-order valence-corrected chi connectivity index (χ4v) is 1.50. The van der Waals surface area contributed by atoms with Gasteiger partial charge in [0.15, 0.2) is 11.6 Å². The fraction of sp³-hybridized carbons (Fsp3) is 0.182. The molecule has 78 valence electrons. The number of fused-ring (bicyclic) bond motifs is 1. The summed E-state index contributed by atoms with van der Waals surface area (Å²) < 4.78 is 19.6. The first kappa shape index (κ1) is 9.71. The summed E-state index contributed by atoms with van der Waals surface area (Å²) in [5, 5.41) is 1.04. The van der Waals surface area contributed by atoms with E-state index in [1.165, 1.54) is 23.8 Å². The van der Waals surface area contributed by atoms with Crippen molar-refractivity contribution in [3.05, 3.63) is 40.6 Å². The molecule has 0 fully saturated rings. The van der Waals surface area contributed by atoms with Gasteiger partial charge in [0.2, 0.25) is 0 Å². The Hall–Kier alpha value is -1.84. The average Bonchev–Trinajstić information content (AvgIpc) is 2.24. The first-order valence-electron chi connectivity index (χ1n) is 4.46. The quantitative estimate of drug-likeness (QED) is 0.712. The molecule has 0 unspecified atom stereocenters. The molecule has 0 radical (unpaired) electrons. The van der Waals surface area contributed by atoms with Gasteiger partial charge >= 0.3 is 0 Å². The number of ether oxygens (including phenoxy) is 1. The Labute approximate surface area is 85.7 Å². The predicted molar refractivity (Wildman–Crippen MR) is 55.7 cm³/mol. The highest BCUT2D eigenvalue weighted by molar-refractivity contribution is 5.83. The third-order valence-electron chi connectivity index (χ3n) is 2.35. The van der Waals surface area contributed by atoms with Crippen LogP contribution in [0.2, 0.25) is 0 Å². The van der Waals surface area contributed by atoms with Crippen molar-refractivity contribution in [2.45, 2.75) is 0 Å². The van der Waals surface area contributed by atoms with Crippen LogP contribution >= 0.6 is 0 Å². The van der Waals surface area contributed by atoms with Gasteiger partial charge in [0, 0.05) is 13.2 Å². The zero-order valence-corrected chi connectivity index (χ0v) is 8.45. The molecular formula is C11H10FNO2. The van der Waals surface area contributed by atoms with Gasteiger partial charge in [-0.05, 0) is 23.6 Å². The largest absolute Gasteiger partial charge is 0.494 e. The molecular weight excluding hydrogens is 197 g/mol. The lowest BCUT2D eigenvalue weighted by Crippen LogP contribution is -2.15. The summed E-state index contributed by atoms with van der Waals surface area (Å²) in [6.45, 7) is 0. The van der Waals surface area contributed by atoms with E-state index in [4.69, 9.17) is 4.74 Å². The van der Waals surface area contributed by atoms with Crippen LogP contribution in [0.1, 0.15) is 0 Å². The maximum absolute atomic E-state index is 13.4. The lowest BCUT2D eigenvalue weighted by Gasteiger charge is -2.05. The van der Waals surface area contributed by atoms with E-state index in [1.54, 1.807) is 19.3 Å². The third-order valence-corrected chi connectivity index (χ3v) is 2.35. The number of rotatable bonds is 1. The Morgan fingerprint density at radius 2 is 2.13 bits per heavy atom. The lowest BCUT2D eigenvalue weighted by molar-refractivity contribution is 0.387. The van der Waals surface area contributed by atoms with E-state index in [9.17, 15) is 9.18 Å². The molecule has 15 heavy (non-hydrogen) atoms. The minimum absolute atomic E-state index is 0.149. The van der Waals surface area contributed by atoms with Crippen LogP contribution < -0.4 is 10.3 Å². The van der Waals surface area contributed by atoms with Crippen molar-refractivity contribution in [2.24, 2.45) is 7.05 Å². The molecule has 1 aromatic carbocycles. The maximum atomic E-state index is 13.4. The number of aromatic nitrogens is 1. The molecule has 0 aliphatic rings. The maximum Gasteiger partial charge on any atom is 0.258 e. The van der Waals surface area contributed by atoms with Crippen LogP contribution in [0.15, 0.2) is 29.2 Å². The summed E-state index contributed by atoms with van der Waals surface area (Å²) in [5.41, 5.74) is -0.214. The molecule has 1 aromatic heterocycles. The molecule has 0 aliphatic heterocycles. The van der Waals surface area contributed by atoms with E-state index in [0.29, 0.717) is 10.8 Å². The Morgan fingerprint density at radius 1 is 1.40 bits per heavy atom. The summed E-state index contributed by atoms with van der Waals surface area (Å²) in [7, 11) is 3.02. The molecule has 2 aromatic rings. The standard InChI is InChI=1S/C11H10FNO2/c1-13-4-3-7-5-10(15-2)9(12)6-8(7)11(13)14/h3-6H,1-2H3. The first-order chi connectivity index (χ1) is 7.13. The Morgan fingerprint density at radius 3 is 2.80 bits per heavy atom. The number of hydrogen-bond acceptors (Lipinski definition) is 2. The lowest BCUT2D eigenvalue weighted by atomic mass is 10.1. The van der Waals surface area contributed by atoms with Gasteiger partial charge in [0.25, 0.3) is 5.56 Å². The topological polar surface area (TPSA) is 31.2 Å². The molecule has 2 rings (SSSR count). The van der Waals surface area contributed by atoms with E-state index < -0.39 is 5.82 Å². The average molecular weight is 207 g/mol. The smallest absolute Gasteiger partial charge is 0.258 e. The Bertz CT molecular complexity index is 575. The molecule has 0 N–H and O–H groups in total. The highest BCUT2D eigenvalue weighted by Crippen LogP contribution is 2.22. The van der Waals surface area contributed by atoms with Gasteiger partial charge in [0.1, 0.15) is 0 Å². The molecule has 4 heteroatoms. The second-order valence-electron chi connectivity index (χ2n) is 3.31. The zero-order valence-electron chi connectivity index (χ0n) is 8.45. The molecule has 0 amide bonds. The normalized spacial score (nSPS) is 10.6. The number of methoxy groups -OCH3 is 1. The number of halogens is 1. The summed E-state index contributed by atoms with van der Waals surface area (Å²) in [6, 6.07) is 4.47. The van der Waals surface area contributed by atoms with Crippen LogP contribution in [0, 0.1) is 5.82 Å². The molecule has 0 bridgehead atoms. The van der Waals surface area contributed by atoms with Crippen LogP contribution in [-0.2, 0) is 7.05 Å². The summed E-state index contributed by atoms with van der Waals surface area (Å²) in [4.78, 5) is 11.6. The van der Waals surface area contributed by atoms with Crippen molar-refractivity contribution in [3.63, 3.8) is 0 Å². The van der Waals surface area contributed by atoms with Gasteiger partial charge in [-0.15, -0.1) is 0 Å². The molecule has 0 atom stereocenters. The van der Waals surface area contributed by atoms with Crippen LogP contribution in [0.3, 0.4) is 0 Å². The van der Waals surface area contributed by atoms with Crippen LogP contribution in [0.4, 0.5) is 4.39 Å². The number of aryl methyl sites for hydroxylation is 1. The number of pyridine rings is 1. The molecule has 3 nitrogen and oxygen atoms in total. The third kappa shape index (κ3) is 1.48. The second-order valence-corrected chi connectivity index (χ2v) is 3.31. The number of benzene rings is 1. The van der Waals surface area contributed by atoms with Crippen molar-refractivity contribution >= 4 is 10.8 Å². The van der Waals surface area contributed by atoms with Crippen LogP contribution in [-0.4, -0.2) is 11.7 Å². The van der Waals surface area contributed by atoms with Gasteiger partial charge in [-0.25, -0.2) is 4.39 Å². The highest BCUT2D eigenvalue weighted by atomic mass is 19.1. The van der Waals surface area contributed by atoms with E-state index in [-0.39, 0.29) is 11.3 Å². The van der Waals surface area contributed by atoms with Gasteiger partial charge < -0.3 is 9.30 Å².